The molecule has 28 heavy (non-hydrogen) atoms. The number of carbonyl (C=O) groups excluding carboxylic acids is 2. The molecule has 1 aliphatic rings. The lowest BCUT2D eigenvalue weighted by molar-refractivity contribution is -0.141. The van der Waals surface area contributed by atoms with Gasteiger partial charge in [0.25, 0.3) is 5.91 Å². The summed E-state index contributed by atoms with van der Waals surface area (Å²) in [5.41, 5.74) is 1.53. The van der Waals surface area contributed by atoms with E-state index in [0.29, 0.717) is 25.1 Å². The highest BCUT2D eigenvalue weighted by atomic mass is 16.4. The van der Waals surface area contributed by atoms with Crippen LogP contribution in [-0.4, -0.2) is 47.4 Å². The van der Waals surface area contributed by atoms with Crippen LogP contribution in [0.2, 0.25) is 0 Å². The van der Waals surface area contributed by atoms with Crippen molar-refractivity contribution in [2.75, 3.05) is 19.6 Å². The van der Waals surface area contributed by atoms with Crippen LogP contribution < -0.4 is 5.32 Å². The molecule has 2 aromatic rings. The number of hydrogen-bond donors (Lipinski definition) is 2. The summed E-state index contributed by atoms with van der Waals surface area (Å²) >= 11 is 0. The molecule has 146 valence electrons. The smallest absolute Gasteiger partial charge is 0.308 e. The second-order valence-electron chi connectivity index (χ2n) is 6.99. The highest BCUT2D eigenvalue weighted by molar-refractivity contribution is 5.94. The van der Waals surface area contributed by atoms with Gasteiger partial charge in [0.1, 0.15) is 0 Å². The van der Waals surface area contributed by atoms with Crippen LogP contribution in [-0.2, 0) is 9.59 Å². The van der Waals surface area contributed by atoms with E-state index in [0.717, 1.165) is 5.56 Å². The molecule has 0 bridgehead atoms. The van der Waals surface area contributed by atoms with Crippen molar-refractivity contribution in [2.24, 2.45) is 5.92 Å². The maximum atomic E-state index is 12.5. The van der Waals surface area contributed by atoms with Crippen molar-refractivity contribution >= 4 is 17.8 Å². The highest BCUT2D eigenvalue weighted by Gasteiger charge is 2.40. The molecular weight excluding hydrogens is 356 g/mol. The molecule has 2 unspecified atom stereocenters. The minimum atomic E-state index is -0.876. The topological polar surface area (TPSA) is 86.7 Å². The Morgan fingerprint density at radius 1 is 0.964 bits per heavy atom. The number of aliphatic carboxylic acids is 1. The third-order valence-corrected chi connectivity index (χ3v) is 5.11. The number of nitrogens with one attached hydrogen (secondary N) is 1. The zero-order valence-electron chi connectivity index (χ0n) is 15.6. The predicted octanol–water partition coefficient (Wildman–Crippen LogP) is 2.52. The lowest BCUT2D eigenvalue weighted by atomic mass is 9.89. The minimum absolute atomic E-state index is 0.0707. The Morgan fingerprint density at radius 2 is 1.61 bits per heavy atom. The van der Waals surface area contributed by atoms with Crippen LogP contribution in [0.4, 0.5) is 0 Å². The SMILES string of the molecule is O=C(NCCCC(=O)N1CC(C(=O)O)C(c2ccccc2)C1)c1ccccc1. The molecule has 2 aromatic carbocycles. The Balaban J connectivity index is 1.49. The average Bonchev–Trinajstić information content (AvgIpc) is 3.18. The van der Waals surface area contributed by atoms with Gasteiger partial charge in [0.05, 0.1) is 5.92 Å². The molecule has 1 saturated heterocycles. The first-order valence-corrected chi connectivity index (χ1v) is 9.45. The van der Waals surface area contributed by atoms with Crippen molar-refractivity contribution in [3.05, 3.63) is 71.8 Å². The van der Waals surface area contributed by atoms with Crippen LogP contribution in [0.1, 0.15) is 34.7 Å². The van der Waals surface area contributed by atoms with Crippen molar-refractivity contribution in [3.63, 3.8) is 0 Å². The maximum Gasteiger partial charge on any atom is 0.308 e. The molecule has 1 fully saturated rings. The fourth-order valence-electron chi connectivity index (χ4n) is 3.59. The summed E-state index contributed by atoms with van der Waals surface area (Å²) in [5.74, 6) is -1.90. The zero-order chi connectivity index (χ0) is 19.9. The van der Waals surface area contributed by atoms with E-state index in [1.807, 2.05) is 36.4 Å². The van der Waals surface area contributed by atoms with Gasteiger partial charge in [-0.3, -0.25) is 14.4 Å². The summed E-state index contributed by atoms with van der Waals surface area (Å²) in [6, 6.07) is 18.4. The van der Waals surface area contributed by atoms with Crippen molar-refractivity contribution in [1.82, 2.24) is 10.2 Å². The Hall–Kier alpha value is -3.15. The van der Waals surface area contributed by atoms with Crippen LogP contribution in [0.5, 0.6) is 0 Å². The third kappa shape index (κ3) is 4.76. The fourth-order valence-corrected chi connectivity index (χ4v) is 3.59. The second-order valence-corrected chi connectivity index (χ2v) is 6.99. The molecule has 0 aliphatic carbocycles. The van der Waals surface area contributed by atoms with Gasteiger partial charge < -0.3 is 15.3 Å². The Kier molecular flexibility index (Phi) is 6.42. The normalized spacial score (nSPS) is 18.6. The number of carbonyl (C=O) groups is 3. The number of carboxylic acids is 1. The molecule has 2 amide bonds. The van der Waals surface area contributed by atoms with E-state index in [9.17, 15) is 19.5 Å². The van der Waals surface area contributed by atoms with Gasteiger partial charge >= 0.3 is 5.97 Å². The lowest BCUT2D eigenvalue weighted by Crippen LogP contribution is -2.31. The largest absolute Gasteiger partial charge is 0.481 e. The molecule has 1 aliphatic heterocycles. The van der Waals surface area contributed by atoms with E-state index in [-0.39, 0.29) is 30.7 Å². The number of nitrogens with zero attached hydrogens (tertiary/aromatic N) is 1. The lowest BCUT2D eigenvalue weighted by Gasteiger charge is -2.16. The van der Waals surface area contributed by atoms with Gasteiger partial charge in [-0.1, -0.05) is 48.5 Å². The molecule has 1 heterocycles. The molecule has 2 atom stereocenters. The van der Waals surface area contributed by atoms with E-state index >= 15 is 0 Å². The number of hydrogen-bond acceptors (Lipinski definition) is 3. The second kappa shape index (κ2) is 9.17. The molecule has 0 spiro atoms. The molecule has 2 N–H and O–H groups in total. The quantitative estimate of drug-likeness (QED) is 0.723. The molecule has 0 radical (unpaired) electrons. The first-order valence-electron chi connectivity index (χ1n) is 9.45. The van der Waals surface area contributed by atoms with Gasteiger partial charge in [0.2, 0.25) is 5.91 Å². The molecule has 0 saturated carbocycles. The minimum Gasteiger partial charge on any atom is -0.481 e. The summed E-state index contributed by atoms with van der Waals surface area (Å²) in [6.07, 6.45) is 0.796. The predicted molar refractivity (Wildman–Crippen MR) is 105 cm³/mol. The Bertz CT molecular complexity index is 823. The summed E-state index contributed by atoms with van der Waals surface area (Å²) in [6.45, 7) is 1.04. The standard InChI is InChI=1S/C22H24N2O4/c25-20(12-7-13-23-21(26)17-10-5-2-6-11-17)24-14-18(19(15-24)22(27)28)16-8-3-1-4-9-16/h1-6,8-11,18-19H,7,12-15H2,(H,23,26)(H,27,28). The van der Waals surface area contributed by atoms with Crippen molar-refractivity contribution in [3.8, 4) is 0 Å². The van der Waals surface area contributed by atoms with E-state index in [4.69, 9.17) is 0 Å². The number of likely N-dealkylation sites (tertiary alicyclic amines) is 1. The fraction of sp³-hybridized carbons (Fsp3) is 0.318. The van der Waals surface area contributed by atoms with Crippen LogP contribution in [0.15, 0.2) is 60.7 Å². The van der Waals surface area contributed by atoms with Crippen LogP contribution in [0, 0.1) is 5.92 Å². The van der Waals surface area contributed by atoms with Crippen molar-refractivity contribution < 1.29 is 19.5 Å². The van der Waals surface area contributed by atoms with E-state index in [1.54, 1.807) is 29.2 Å². The first-order chi connectivity index (χ1) is 13.6. The maximum absolute atomic E-state index is 12.5. The monoisotopic (exact) mass is 380 g/mol. The van der Waals surface area contributed by atoms with E-state index in [1.165, 1.54) is 0 Å². The average molecular weight is 380 g/mol. The summed E-state index contributed by atoms with van der Waals surface area (Å²) < 4.78 is 0. The summed E-state index contributed by atoms with van der Waals surface area (Å²) in [5, 5.41) is 12.3. The summed E-state index contributed by atoms with van der Waals surface area (Å²) in [4.78, 5) is 37.8. The third-order valence-electron chi connectivity index (χ3n) is 5.11. The highest BCUT2D eigenvalue weighted by Crippen LogP contribution is 2.33. The number of amides is 2. The van der Waals surface area contributed by atoms with Crippen LogP contribution in [0.25, 0.3) is 0 Å². The first kappa shape index (κ1) is 19.6. The van der Waals surface area contributed by atoms with Crippen LogP contribution >= 0.6 is 0 Å². The molecule has 6 nitrogen and oxygen atoms in total. The van der Waals surface area contributed by atoms with E-state index < -0.39 is 11.9 Å². The molecule has 0 aromatic heterocycles. The van der Waals surface area contributed by atoms with Crippen molar-refractivity contribution in [2.45, 2.75) is 18.8 Å². The molecule has 3 rings (SSSR count). The van der Waals surface area contributed by atoms with Crippen molar-refractivity contribution in [1.29, 1.82) is 0 Å². The van der Waals surface area contributed by atoms with Gasteiger partial charge in [0.15, 0.2) is 0 Å². The van der Waals surface area contributed by atoms with Gasteiger partial charge in [-0.15, -0.1) is 0 Å². The number of benzene rings is 2. The summed E-state index contributed by atoms with van der Waals surface area (Å²) in [7, 11) is 0. The van der Waals surface area contributed by atoms with Gasteiger partial charge in [0, 0.05) is 37.5 Å². The van der Waals surface area contributed by atoms with Gasteiger partial charge in [-0.05, 0) is 24.1 Å². The molecule has 6 heteroatoms. The zero-order valence-corrected chi connectivity index (χ0v) is 15.6. The Morgan fingerprint density at radius 3 is 2.25 bits per heavy atom. The molecular formula is C22H24N2O4. The van der Waals surface area contributed by atoms with Gasteiger partial charge in [-0.2, -0.15) is 0 Å². The number of rotatable bonds is 7. The van der Waals surface area contributed by atoms with Gasteiger partial charge in [-0.25, -0.2) is 0 Å². The Labute approximate surface area is 164 Å². The van der Waals surface area contributed by atoms with E-state index in [2.05, 4.69) is 5.32 Å². The number of carboxylic acid groups (broad SMARTS) is 1. The van der Waals surface area contributed by atoms with Crippen LogP contribution in [0.3, 0.4) is 0 Å².